The first-order valence-electron chi connectivity index (χ1n) is 6.79. The van der Waals surface area contributed by atoms with Crippen molar-refractivity contribution in [1.82, 2.24) is 10.1 Å². The molecule has 3 heterocycles. The molecule has 0 fully saturated rings. The van der Waals surface area contributed by atoms with Crippen LogP contribution in [0.1, 0.15) is 27.8 Å². The molecule has 0 aromatic carbocycles. The number of rotatable bonds is 6. The molecular weight excluding hydrogens is 320 g/mol. The number of aryl methyl sites for hydroxylation is 1. The van der Waals surface area contributed by atoms with E-state index in [1.54, 1.807) is 31.4 Å². The Labute approximate surface area is 136 Å². The summed E-state index contributed by atoms with van der Waals surface area (Å²) < 4.78 is 20.6. The minimum Gasteiger partial charge on any atom is -0.465 e. The second kappa shape index (κ2) is 6.74. The van der Waals surface area contributed by atoms with Gasteiger partial charge >= 0.3 is 5.97 Å². The molecule has 0 radical (unpaired) electrons. The third-order valence-electron chi connectivity index (χ3n) is 3.05. The summed E-state index contributed by atoms with van der Waals surface area (Å²) in [6.45, 7) is 1.73. The fourth-order valence-corrected chi connectivity index (χ4v) is 2.72. The van der Waals surface area contributed by atoms with Gasteiger partial charge in [0.05, 0.1) is 24.9 Å². The van der Waals surface area contributed by atoms with E-state index in [4.69, 9.17) is 18.1 Å². The third kappa shape index (κ3) is 3.48. The maximum atomic E-state index is 11.5. The van der Waals surface area contributed by atoms with Crippen molar-refractivity contribution in [3.8, 4) is 11.6 Å². The molecule has 0 aliphatic carbocycles. The van der Waals surface area contributed by atoms with Crippen molar-refractivity contribution < 1.29 is 22.9 Å². The van der Waals surface area contributed by atoms with Crippen molar-refractivity contribution in [2.45, 2.75) is 18.4 Å². The fraction of sp³-hybridized carbons (Fsp3) is 0.267. The Morgan fingerprint density at radius 2 is 2.26 bits per heavy atom. The van der Waals surface area contributed by atoms with E-state index in [1.165, 1.54) is 18.9 Å². The van der Waals surface area contributed by atoms with Gasteiger partial charge in [-0.15, -0.1) is 11.8 Å². The molecule has 0 aliphatic heterocycles. The number of esters is 1. The zero-order valence-electron chi connectivity index (χ0n) is 12.6. The number of carbonyl (C=O) groups excluding carboxylic acids is 1. The smallest absolute Gasteiger partial charge is 0.341 e. The van der Waals surface area contributed by atoms with E-state index in [0.29, 0.717) is 46.1 Å². The lowest BCUT2D eigenvalue weighted by Gasteiger charge is -1.94. The maximum Gasteiger partial charge on any atom is 0.341 e. The van der Waals surface area contributed by atoms with Crippen LogP contribution >= 0.6 is 11.8 Å². The van der Waals surface area contributed by atoms with Gasteiger partial charge in [-0.05, 0) is 25.1 Å². The molecule has 0 N–H and O–H groups in total. The zero-order valence-corrected chi connectivity index (χ0v) is 13.4. The van der Waals surface area contributed by atoms with Crippen molar-refractivity contribution in [3.05, 3.63) is 47.4 Å². The van der Waals surface area contributed by atoms with Gasteiger partial charge in [-0.3, -0.25) is 0 Å². The van der Waals surface area contributed by atoms with Gasteiger partial charge in [0.1, 0.15) is 17.1 Å². The van der Waals surface area contributed by atoms with Crippen LogP contribution in [-0.4, -0.2) is 23.2 Å². The van der Waals surface area contributed by atoms with Crippen molar-refractivity contribution in [3.63, 3.8) is 0 Å². The third-order valence-corrected chi connectivity index (χ3v) is 3.99. The molecule has 0 spiro atoms. The lowest BCUT2D eigenvalue weighted by atomic mass is 10.2. The Kier molecular flexibility index (Phi) is 4.52. The molecule has 3 rings (SSSR count). The number of hydrogen-bond donors (Lipinski definition) is 0. The van der Waals surface area contributed by atoms with Gasteiger partial charge in [0.2, 0.25) is 11.7 Å². The van der Waals surface area contributed by atoms with E-state index in [9.17, 15) is 4.79 Å². The van der Waals surface area contributed by atoms with Crippen LogP contribution in [0.2, 0.25) is 0 Å². The van der Waals surface area contributed by atoms with Gasteiger partial charge in [-0.1, -0.05) is 5.16 Å². The van der Waals surface area contributed by atoms with Crippen LogP contribution in [0.3, 0.4) is 0 Å². The molecule has 0 atom stereocenters. The summed E-state index contributed by atoms with van der Waals surface area (Å²) in [4.78, 5) is 15.8. The van der Waals surface area contributed by atoms with Gasteiger partial charge in [0.25, 0.3) is 0 Å². The number of methoxy groups -OCH3 is 1. The van der Waals surface area contributed by atoms with Crippen LogP contribution in [-0.2, 0) is 16.2 Å². The van der Waals surface area contributed by atoms with E-state index in [2.05, 4.69) is 10.1 Å². The standard InChI is InChI=1S/C15H14N2O5S/c1-9-11(15(18)19-2)6-10(21-9)7-23-8-13-16-14(17-22-13)12-4-3-5-20-12/h3-6H,7-8H2,1-2H3. The summed E-state index contributed by atoms with van der Waals surface area (Å²) in [6, 6.07) is 5.22. The largest absolute Gasteiger partial charge is 0.465 e. The van der Waals surface area contributed by atoms with Gasteiger partial charge < -0.3 is 18.1 Å². The van der Waals surface area contributed by atoms with Gasteiger partial charge in [-0.2, -0.15) is 4.98 Å². The first-order chi connectivity index (χ1) is 11.2. The maximum absolute atomic E-state index is 11.5. The van der Waals surface area contributed by atoms with Gasteiger partial charge in [0, 0.05) is 0 Å². The number of ether oxygens (including phenoxy) is 1. The van der Waals surface area contributed by atoms with Crippen LogP contribution in [0.15, 0.2) is 37.8 Å². The minimum atomic E-state index is -0.400. The predicted molar refractivity (Wildman–Crippen MR) is 81.8 cm³/mol. The molecule has 3 aromatic heterocycles. The number of aromatic nitrogens is 2. The molecule has 0 aliphatic rings. The highest BCUT2D eigenvalue weighted by Crippen LogP contribution is 2.23. The molecule has 0 amide bonds. The quantitative estimate of drug-likeness (QED) is 0.633. The van der Waals surface area contributed by atoms with E-state index in [0.717, 1.165) is 0 Å². The topological polar surface area (TPSA) is 91.5 Å². The average molecular weight is 334 g/mol. The molecule has 8 heteroatoms. The van der Waals surface area contributed by atoms with Gasteiger partial charge in [0.15, 0.2) is 5.76 Å². The summed E-state index contributed by atoms with van der Waals surface area (Å²) in [5, 5.41) is 3.86. The molecule has 120 valence electrons. The molecule has 23 heavy (non-hydrogen) atoms. The Hall–Kier alpha value is -2.48. The van der Waals surface area contributed by atoms with Crippen molar-refractivity contribution in [1.29, 1.82) is 0 Å². The number of carbonyl (C=O) groups is 1. The molecule has 0 unspecified atom stereocenters. The highest BCUT2D eigenvalue weighted by molar-refractivity contribution is 7.97. The first kappa shape index (κ1) is 15.4. The van der Waals surface area contributed by atoms with Crippen LogP contribution in [0.25, 0.3) is 11.6 Å². The molecule has 0 bridgehead atoms. The average Bonchev–Trinajstić information content (AvgIpc) is 3.26. The number of furan rings is 2. The van der Waals surface area contributed by atoms with Crippen LogP contribution in [0.4, 0.5) is 0 Å². The SMILES string of the molecule is COC(=O)c1cc(CSCc2nc(-c3ccco3)no2)oc1C. The first-order valence-corrected chi connectivity index (χ1v) is 7.94. The summed E-state index contributed by atoms with van der Waals surface area (Å²) in [5.74, 6) is 3.43. The van der Waals surface area contributed by atoms with Crippen molar-refractivity contribution in [2.24, 2.45) is 0 Å². The fourth-order valence-electron chi connectivity index (χ4n) is 1.99. The zero-order chi connectivity index (χ0) is 16.2. The lowest BCUT2D eigenvalue weighted by Crippen LogP contribution is -2.00. The van der Waals surface area contributed by atoms with E-state index in [-0.39, 0.29) is 0 Å². The number of thioether (sulfide) groups is 1. The normalized spacial score (nSPS) is 10.9. The van der Waals surface area contributed by atoms with E-state index < -0.39 is 5.97 Å². The van der Waals surface area contributed by atoms with Crippen LogP contribution < -0.4 is 0 Å². The summed E-state index contributed by atoms with van der Waals surface area (Å²) in [7, 11) is 1.34. The highest BCUT2D eigenvalue weighted by Gasteiger charge is 2.16. The second-order valence-corrected chi connectivity index (χ2v) is 5.64. The second-order valence-electron chi connectivity index (χ2n) is 4.66. The van der Waals surface area contributed by atoms with Crippen LogP contribution in [0, 0.1) is 6.92 Å². The molecule has 7 nitrogen and oxygen atoms in total. The predicted octanol–water partition coefficient (Wildman–Crippen LogP) is 3.45. The van der Waals surface area contributed by atoms with Gasteiger partial charge in [-0.25, -0.2) is 4.79 Å². The van der Waals surface area contributed by atoms with E-state index in [1.807, 2.05) is 0 Å². The van der Waals surface area contributed by atoms with Crippen LogP contribution in [0.5, 0.6) is 0 Å². The van der Waals surface area contributed by atoms with Crippen molar-refractivity contribution >= 4 is 17.7 Å². The Balaban J connectivity index is 1.57. The molecular formula is C15H14N2O5S. The Bertz CT molecular complexity index is 791. The number of hydrogen-bond acceptors (Lipinski definition) is 8. The van der Waals surface area contributed by atoms with E-state index >= 15 is 0 Å². The Morgan fingerprint density at radius 3 is 3.00 bits per heavy atom. The van der Waals surface area contributed by atoms with Crippen molar-refractivity contribution in [2.75, 3.05) is 7.11 Å². The molecule has 0 saturated heterocycles. The summed E-state index contributed by atoms with van der Waals surface area (Å²) in [6.07, 6.45) is 1.55. The molecule has 0 saturated carbocycles. The lowest BCUT2D eigenvalue weighted by molar-refractivity contribution is 0.0599. The highest BCUT2D eigenvalue weighted by atomic mass is 32.2. The summed E-state index contributed by atoms with van der Waals surface area (Å²) >= 11 is 1.54. The number of nitrogens with zero attached hydrogens (tertiary/aromatic N) is 2. The monoisotopic (exact) mass is 334 g/mol. The minimum absolute atomic E-state index is 0.400. The Morgan fingerprint density at radius 1 is 1.39 bits per heavy atom. The summed E-state index contributed by atoms with van der Waals surface area (Å²) in [5.41, 5.74) is 0.445. The molecule has 3 aromatic rings.